The Morgan fingerprint density at radius 2 is 2.07 bits per heavy atom. The highest BCUT2D eigenvalue weighted by Gasteiger charge is 2.16. The minimum Gasteiger partial charge on any atom is -0.464 e. The van der Waals surface area contributed by atoms with Crippen molar-refractivity contribution in [3.05, 3.63) is 102 Å². The van der Waals surface area contributed by atoms with Crippen LogP contribution in [0.25, 0.3) is 11.3 Å². The molecule has 0 fully saturated rings. The molecule has 0 unspecified atom stereocenters. The van der Waals surface area contributed by atoms with Crippen molar-refractivity contribution in [2.45, 2.75) is 26.2 Å². The van der Waals surface area contributed by atoms with E-state index in [1.807, 2.05) is 37.3 Å². The van der Waals surface area contributed by atoms with E-state index in [1.54, 1.807) is 18.5 Å². The second kappa shape index (κ2) is 8.61. The predicted octanol–water partition coefficient (Wildman–Crippen LogP) is 5.14. The van der Waals surface area contributed by atoms with Gasteiger partial charge in [-0.1, -0.05) is 48.1 Å². The largest absolute Gasteiger partial charge is 0.464 e. The number of hydrogen-bond acceptors (Lipinski definition) is 4. The van der Waals surface area contributed by atoms with Crippen molar-refractivity contribution in [3.8, 4) is 11.3 Å². The zero-order chi connectivity index (χ0) is 20.1. The normalized spacial score (nSPS) is 15.4. The third-order valence-electron chi connectivity index (χ3n) is 4.80. The van der Waals surface area contributed by atoms with Gasteiger partial charge in [0.2, 0.25) is 5.88 Å². The number of carbonyl (C=O) groups excluding carboxylic acids is 1. The van der Waals surface area contributed by atoms with E-state index in [-0.39, 0.29) is 11.8 Å². The number of nitrogens with one attached hydrogen (secondary N) is 1. The molecule has 1 N–H and O–H groups in total. The molecule has 2 heterocycles. The molecule has 4 rings (SSSR count). The number of rotatable bonds is 5. The third-order valence-corrected chi connectivity index (χ3v) is 4.80. The van der Waals surface area contributed by atoms with Gasteiger partial charge < -0.3 is 9.47 Å². The summed E-state index contributed by atoms with van der Waals surface area (Å²) in [5, 5.41) is 2.73. The number of aryl methyl sites for hydroxylation is 1. The van der Waals surface area contributed by atoms with Crippen LogP contribution in [-0.2, 0) is 9.47 Å². The van der Waals surface area contributed by atoms with Crippen LogP contribution in [0.2, 0.25) is 0 Å². The molecule has 1 amide bonds. The summed E-state index contributed by atoms with van der Waals surface area (Å²) >= 11 is 0. The number of amides is 1. The lowest BCUT2D eigenvalue weighted by atomic mass is 10.0. The van der Waals surface area contributed by atoms with Crippen LogP contribution in [0.5, 0.6) is 0 Å². The molecule has 0 radical (unpaired) electrons. The molecular weight excluding hydrogens is 364 g/mol. The standard InChI is InChI=1S/C24H22N2O3/c1-17-7-5-6-10-21(17)22-12-11-19(14-25-22)24(27)26-23-16-28-15-20(29-23)13-18-8-3-2-4-9-18/h2-3,5-8,10-12,14-16H,4,9,13H2,1H3,(H,26,27). The highest BCUT2D eigenvalue weighted by molar-refractivity contribution is 5.95. The zero-order valence-corrected chi connectivity index (χ0v) is 16.2. The second-order valence-electron chi connectivity index (χ2n) is 6.97. The Balaban J connectivity index is 1.38. The molecule has 2 aromatic rings. The topological polar surface area (TPSA) is 60.5 Å². The lowest BCUT2D eigenvalue weighted by molar-refractivity contribution is 0.0922. The molecule has 146 valence electrons. The maximum atomic E-state index is 12.6. The first-order chi connectivity index (χ1) is 14.2. The van der Waals surface area contributed by atoms with Gasteiger partial charge in [0.25, 0.3) is 5.91 Å². The van der Waals surface area contributed by atoms with E-state index < -0.39 is 0 Å². The van der Waals surface area contributed by atoms with Crippen molar-refractivity contribution < 1.29 is 14.3 Å². The van der Waals surface area contributed by atoms with E-state index in [4.69, 9.17) is 9.47 Å². The Labute approximate surface area is 170 Å². The first kappa shape index (κ1) is 18.7. The molecule has 1 aliphatic carbocycles. The van der Waals surface area contributed by atoms with E-state index in [0.717, 1.165) is 29.7 Å². The third kappa shape index (κ3) is 4.63. The minimum absolute atomic E-state index is 0.266. The SMILES string of the molecule is Cc1ccccc1-c1ccc(C(=O)NC2=COC=C(CC3=CC=CCC3)O2)cn1. The lowest BCUT2D eigenvalue weighted by Gasteiger charge is -2.18. The molecule has 1 aliphatic heterocycles. The number of benzene rings is 1. The van der Waals surface area contributed by atoms with E-state index in [0.29, 0.717) is 17.7 Å². The van der Waals surface area contributed by atoms with Gasteiger partial charge in [-0.2, -0.15) is 0 Å². The van der Waals surface area contributed by atoms with Crippen LogP contribution >= 0.6 is 0 Å². The fourth-order valence-electron chi connectivity index (χ4n) is 3.25. The van der Waals surface area contributed by atoms with Crippen molar-refractivity contribution in [3.63, 3.8) is 0 Å². The van der Waals surface area contributed by atoms with Crippen molar-refractivity contribution in [2.24, 2.45) is 0 Å². The van der Waals surface area contributed by atoms with Gasteiger partial charge in [-0.15, -0.1) is 0 Å². The average Bonchev–Trinajstić information content (AvgIpc) is 2.75. The number of allylic oxidation sites excluding steroid dienone is 4. The van der Waals surface area contributed by atoms with Gasteiger partial charge >= 0.3 is 0 Å². The quantitative estimate of drug-likeness (QED) is 0.773. The summed E-state index contributed by atoms with van der Waals surface area (Å²) in [6, 6.07) is 11.6. The van der Waals surface area contributed by atoms with Crippen LogP contribution in [0, 0.1) is 6.92 Å². The summed E-state index contributed by atoms with van der Waals surface area (Å²) in [7, 11) is 0. The molecular formula is C24H22N2O3. The molecule has 5 nitrogen and oxygen atoms in total. The number of aromatic nitrogens is 1. The van der Waals surface area contributed by atoms with Crippen molar-refractivity contribution in [1.29, 1.82) is 0 Å². The van der Waals surface area contributed by atoms with Crippen LogP contribution in [-0.4, -0.2) is 10.9 Å². The van der Waals surface area contributed by atoms with E-state index in [9.17, 15) is 4.79 Å². The molecule has 2 aliphatic rings. The molecule has 0 atom stereocenters. The number of hydrogen-bond donors (Lipinski definition) is 1. The van der Waals surface area contributed by atoms with Gasteiger partial charge in [0.1, 0.15) is 12.0 Å². The van der Waals surface area contributed by atoms with Gasteiger partial charge in [0.05, 0.1) is 11.3 Å². The van der Waals surface area contributed by atoms with Crippen LogP contribution < -0.4 is 5.32 Å². The Bertz CT molecular complexity index is 1030. The minimum atomic E-state index is -0.301. The fraction of sp³-hybridized carbons (Fsp3) is 0.167. The summed E-state index contributed by atoms with van der Waals surface area (Å²) in [5.41, 5.74) is 4.73. The average molecular weight is 386 g/mol. The summed E-state index contributed by atoms with van der Waals surface area (Å²) in [5.74, 6) is 0.629. The van der Waals surface area contributed by atoms with Crippen molar-refractivity contribution >= 4 is 5.91 Å². The summed E-state index contributed by atoms with van der Waals surface area (Å²) < 4.78 is 11.1. The monoisotopic (exact) mass is 386 g/mol. The Hall–Kier alpha value is -3.60. The second-order valence-corrected chi connectivity index (χ2v) is 6.97. The summed E-state index contributed by atoms with van der Waals surface area (Å²) in [6.45, 7) is 2.04. The van der Waals surface area contributed by atoms with Gasteiger partial charge in [0.15, 0.2) is 6.26 Å². The molecule has 0 saturated carbocycles. The Morgan fingerprint density at radius 1 is 1.17 bits per heavy atom. The first-order valence-electron chi connectivity index (χ1n) is 9.59. The molecule has 0 saturated heterocycles. The Morgan fingerprint density at radius 3 is 2.83 bits per heavy atom. The maximum absolute atomic E-state index is 12.6. The number of nitrogens with zero attached hydrogens (tertiary/aromatic N) is 1. The van der Waals surface area contributed by atoms with E-state index >= 15 is 0 Å². The summed E-state index contributed by atoms with van der Waals surface area (Å²) in [6.07, 6.45) is 13.5. The molecule has 0 spiro atoms. The smallest absolute Gasteiger partial charge is 0.259 e. The van der Waals surface area contributed by atoms with Crippen LogP contribution in [0.3, 0.4) is 0 Å². The number of carbonyl (C=O) groups is 1. The lowest BCUT2D eigenvalue weighted by Crippen LogP contribution is -2.25. The predicted molar refractivity (Wildman–Crippen MR) is 111 cm³/mol. The highest BCUT2D eigenvalue weighted by atomic mass is 16.6. The van der Waals surface area contributed by atoms with Gasteiger partial charge in [0, 0.05) is 18.2 Å². The van der Waals surface area contributed by atoms with Crippen LogP contribution in [0.4, 0.5) is 0 Å². The first-order valence-corrected chi connectivity index (χ1v) is 9.59. The molecule has 1 aromatic carbocycles. The van der Waals surface area contributed by atoms with Crippen LogP contribution in [0.1, 0.15) is 35.2 Å². The van der Waals surface area contributed by atoms with Crippen molar-refractivity contribution in [2.75, 3.05) is 0 Å². The maximum Gasteiger partial charge on any atom is 0.259 e. The molecule has 29 heavy (non-hydrogen) atoms. The molecule has 5 heteroatoms. The highest BCUT2D eigenvalue weighted by Crippen LogP contribution is 2.24. The van der Waals surface area contributed by atoms with Crippen molar-refractivity contribution in [1.82, 2.24) is 10.3 Å². The Kier molecular flexibility index (Phi) is 5.56. The van der Waals surface area contributed by atoms with Gasteiger partial charge in [-0.25, -0.2) is 0 Å². The van der Waals surface area contributed by atoms with E-state index in [2.05, 4.69) is 28.5 Å². The zero-order valence-electron chi connectivity index (χ0n) is 16.2. The molecule has 0 bridgehead atoms. The summed E-state index contributed by atoms with van der Waals surface area (Å²) in [4.78, 5) is 17.0. The number of pyridine rings is 1. The fourth-order valence-corrected chi connectivity index (χ4v) is 3.25. The van der Waals surface area contributed by atoms with Crippen LogP contribution in [0.15, 0.2) is 90.6 Å². The van der Waals surface area contributed by atoms with Gasteiger partial charge in [-0.05, 0) is 37.5 Å². The molecule has 1 aromatic heterocycles. The van der Waals surface area contributed by atoms with Gasteiger partial charge in [-0.3, -0.25) is 15.1 Å². The van der Waals surface area contributed by atoms with E-state index in [1.165, 1.54) is 11.8 Å². The number of ether oxygens (including phenoxy) is 2.